The lowest BCUT2D eigenvalue weighted by Gasteiger charge is -2.15. The fraction of sp³-hybridized carbons (Fsp3) is 0.143. The van der Waals surface area contributed by atoms with E-state index in [4.69, 9.17) is 0 Å². The largest absolute Gasteiger partial charge is 0.521 e. The molecule has 0 unspecified atom stereocenters. The first-order valence-corrected chi connectivity index (χ1v) is 4.65. The lowest BCUT2D eigenvalue weighted by atomic mass is 9.95. The molecule has 72 valence electrons. The van der Waals surface area contributed by atoms with Gasteiger partial charge in [0.05, 0.1) is 10.1 Å². The maximum absolute atomic E-state index is 11.8. The Balaban J connectivity index is 2.60. The second-order valence-corrected chi connectivity index (χ2v) is 3.61. The van der Waals surface area contributed by atoms with Crippen LogP contribution in [0.5, 0.6) is 5.75 Å². The van der Waals surface area contributed by atoms with Gasteiger partial charge in [-0.05, 0) is 34.7 Å². The minimum absolute atomic E-state index is 0.280. The smallest absolute Gasteiger partial charge is 0.515 e. The summed E-state index contributed by atoms with van der Waals surface area (Å²) in [5.41, 5.74) is 0. The third-order valence-electron chi connectivity index (χ3n) is 1.26. The van der Waals surface area contributed by atoms with Crippen LogP contribution in [0.4, 0.5) is 12.9 Å². The Kier molecular flexibility index (Phi) is 3.46. The van der Waals surface area contributed by atoms with Crippen molar-refractivity contribution in [3.05, 3.63) is 27.8 Å². The summed E-state index contributed by atoms with van der Waals surface area (Å²) in [6.45, 7) is -6.05. The van der Waals surface area contributed by atoms with Crippen molar-refractivity contribution in [2.45, 2.75) is 0 Å². The Hall–Kier alpha value is -0.395. The number of rotatable bonds is 3. The Bertz CT molecular complexity index is 289. The highest BCUT2D eigenvalue weighted by molar-refractivity contribution is 14.1. The van der Waals surface area contributed by atoms with Crippen molar-refractivity contribution in [2.75, 3.05) is 6.51 Å². The second-order valence-electron chi connectivity index (χ2n) is 2.45. The van der Waals surface area contributed by atoms with Crippen LogP contribution in [0.3, 0.4) is 0 Å². The third kappa shape index (κ3) is 3.88. The van der Waals surface area contributed by atoms with Crippen molar-refractivity contribution in [1.29, 1.82) is 0 Å². The first kappa shape index (κ1) is 10.7. The molecule has 0 spiro atoms. The molecule has 0 N–H and O–H groups in total. The summed E-state index contributed by atoms with van der Waals surface area (Å²) in [5.74, 6) is 0.280. The van der Waals surface area contributed by atoms with Gasteiger partial charge < -0.3 is 17.7 Å². The third-order valence-corrected chi connectivity index (χ3v) is 2.16. The minimum atomic E-state index is -4.87. The molecule has 6 heteroatoms. The van der Waals surface area contributed by atoms with Gasteiger partial charge in [-0.25, -0.2) is 0 Å². The fourth-order valence-electron chi connectivity index (χ4n) is 0.746. The molecule has 1 aromatic carbocycles. The molecular formula is C7H6BF3IO-. The van der Waals surface area contributed by atoms with Gasteiger partial charge in [-0.1, -0.05) is 12.1 Å². The molecule has 0 aromatic heterocycles. The van der Waals surface area contributed by atoms with Crippen molar-refractivity contribution < 1.29 is 17.7 Å². The van der Waals surface area contributed by atoms with Gasteiger partial charge in [0.1, 0.15) is 5.75 Å². The van der Waals surface area contributed by atoms with Crippen LogP contribution in [0.15, 0.2) is 24.3 Å². The predicted molar refractivity (Wildman–Crippen MR) is 53.7 cm³/mol. The fourth-order valence-corrected chi connectivity index (χ4v) is 1.29. The van der Waals surface area contributed by atoms with Crippen molar-refractivity contribution in [1.82, 2.24) is 0 Å². The molecule has 0 aliphatic rings. The Labute approximate surface area is 87.5 Å². The van der Waals surface area contributed by atoms with E-state index in [1.54, 1.807) is 18.2 Å². The van der Waals surface area contributed by atoms with Crippen LogP contribution in [0.2, 0.25) is 0 Å². The molecular weight excluding hydrogens is 295 g/mol. The van der Waals surface area contributed by atoms with E-state index in [-0.39, 0.29) is 5.75 Å². The Morgan fingerprint density at radius 2 is 1.85 bits per heavy atom. The van der Waals surface area contributed by atoms with Crippen molar-refractivity contribution in [3.8, 4) is 5.75 Å². The van der Waals surface area contributed by atoms with Gasteiger partial charge in [0.2, 0.25) is 0 Å². The maximum Gasteiger partial charge on any atom is 0.515 e. The van der Waals surface area contributed by atoms with Gasteiger partial charge in [-0.3, -0.25) is 0 Å². The molecule has 0 saturated carbocycles. The zero-order valence-corrected chi connectivity index (χ0v) is 8.67. The highest BCUT2D eigenvalue weighted by atomic mass is 127. The molecule has 1 rings (SSSR count). The van der Waals surface area contributed by atoms with Gasteiger partial charge in [0.15, 0.2) is 0 Å². The van der Waals surface area contributed by atoms with Crippen LogP contribution in [0.25, 0.3) is 0 Å². The van der Waals surface area contributed by atoms with E-state index in [9.17, 15) is 12.9 Å². The zero-order chi connectivity index (χ0) is 9.90. The molecule has 13 heavy (non-hydrogen) atoms. The standard InChI is InChI=1S/C7H6BF3IO/c9-8(10,11)5-13-7-4-2-1-3-6(7)12/h1-4H,5H2/q-1. The number of benzene rings is 1. The molecule has 0 heterocycles. The number of hydrogen-bond donors (Lipinski definition) is 0. The summed E-state index contributed by atoms with van der Waals surface area (Å²) in [5, 5.41) is 0. The normalized spacial score (nSPS) is 11.4. The summed E-state index contributed by atoms with van der Waals surface area (Å²) < 4.78 is 40.7. The quantitative estimate of drug-likeness (QED) is 0.616. The summed E-state index contributed by atoms with van der Waals surface area (Å²) in [4.78, 5) is 0. The number of hydrogen-bond acceptors (Lipinski definition) is 1. The van der Waals surface area contributed by atoms with Crippen LogP contribution >= 0.6 is 22.6 Å². The minimum Gasteiger partial charge on any atom is -0.521 e. The average molecular weight is 301 g/mol. The molecule has 0 aliphatic heterocycles. The van der Waals surface area contributed by atoms with E-state index >= 15 is 0 Å². The lowest BCUT2D eigenvalue weighted by molar-refractivity contribution is 0.311. The molecule has 0 bridgehead atoms. The Morgan fingerprint density at radius 3 is 2.38 bits per heavy atom. The zero-order valence-electron chi connectivity index (χ0n) is 6.51. The van der Waals surface area contributed by atoms with E-state index in [1.165, 1.54) is 6.07 Å². The molecule has 0 saturated heterocycles. The average Bonchev–Trinajstić information content (AvgIpc) is 2.01. The van der Waals surface area contributed by atoms with Gasteiger partial charge in [0, 0.05) is 0 Å². The summed E-state index contributed by atoms with van der Waals surface area (Å²) in [6.07, 6.45) is 0. The highest BCUT2D eigenvalue weighted by Crippen LogP contribution is 2.21. The van der Waals surface area contributed by atoms with Gasteiger partial charge in [-0.2, -0.15) is 0 Å². The van der Waals surface area contributed by atoms with Crippen LogP contribution in [-0.4, -0.2) is 13.5 Å². The molecule has 0 aliphatic carbocycles. The van der Waals surface area contributed by atoms with Gasteiger partial charge in [-0.15, -0.1) is 0 Å². The van der Waals surface area contributed by atoms with E-state index in [0.717, 1.165) is 0 Å². The molecule has 1 aromatic rings. The van der Waals surface area contributed by atoms with Crippen molar-refractivity contribution in [2.24, 2.45) is 0 Å². The predicted octanol–water partition coefficient (Wildman–Crippen LogP) is 3.06. The summed E-state index contributed by atoms with van der Waals surface area (Å²) >= 11 is 1.93. The Morgan fingerprint density at radius 1 is 1.23 bits per heavy atom. The number of halogens is 4. The van der Waals surface area contributed by atoms with Crippen molar-refractivity contribution >= 4 is 29.6 Å². The van der Waals surface area contributed by atoms with E-state index in [2.05, 4.69) is 4.74 Å². The highest BCUT2D eigenvalue weighted by Gasteiger charge is 2.24. The SMILES string of the molecule is F[B-](F)(F)COc1ccccc1I. The molecule has 0 fully saturated rings. The second kappa shape index (κ2) is 4.21. The molecule has 0 amide bonds. The van der Waals surface area contributed by atoms with Crippen LogP contribution in [0.1, 0.15) is 0 Å². The van der Waals surface area contributed by atoms with E-state index in [1.807, 2.05) is 22.6 Å². The molecule has 1 nitrogen and oxygen atoms in total. The van der Waals surface area contributed by atoms with E-state index < -0.39 is 13.5 Å². The van der Waals surface area contributed by atoms with Gasteiger partial charge in [0.25, 0.3) is 0 Å². The first-order chi connectivity index (χ1) is 5.99. The monoisotopic (exact) mass is 301 g/mol. The number of ether oxygens (including phenoxy) is 1. The lowest BCUT2D eigenvalue weighted by Crippen LogP contribution is -2.26. The summed E-state index contributed by atoms with van der Waals surface area (Å²) in [6, 6.07) is 6.59. The topological polar surface area (TPSA) is 9.23 Å². The van der Waals surface area contributed by atoms with E-state index in [0.29, 0.717) is 3.57 Å². The molecule has 0 radical (unpaired) electrons. The van der Waals surface area contributed by atoms with Crippen LogP contribution in [-0.2, 0) is 0 Å². The summed E-state index contributed by atoms with van der Waals surface area (Å²) in [7, 11) is 0. The van der Waals surface area contributed by atoms with Crippen LogP contribution in [0, 0.1) is 3.57 Å². The first-order valence-electron chi connectivity index (χ1n) is 3.57. The van der Waals surface area contributed by atoms with Crippen molar-refractivity contribution in [3.63, 3.8) is 0 Å². The number of para-hydroxylation sites is 1. The van der Waals surface area contributed by atoms with Gasteiger partial charge >= 0.3 is 6.98 Å². The van der Waals surface area contributed by atoms with Crippen LogP contribution < -0.4 is 4.74 Å². The maximum atomic E-state index is 11.8. The molecule has 0 atom stereocenters.